The Morgan fingerprint density at radius 3 is 2.59 bits per heavy atom. The van der Waals surface area contributed by atoms with Crippen molar-refractivity contribution in [3.8, 4) is 0 Å². The van der Waals surface area contributed by atoms with E-state index in [9.17, 15) is 18.0 Å². The van der Waals surface area contributed by atoms with Gasteiger partial charge in [0.05, 0.1) is 34.4 Å². The average Bonchev–Trinajstić information content (AvgIpc) is 2.59. The van der Waals surface area contributed by atoms with Crippen LogP contribution in [-0.4, -0.2) is 15.3 Å². The predicted molar refractivity (Wildman–Crippen MR) is 103 cm³/mol. The molecule has 9 heteroatoms. The number of rotatable bonds is 4. The maximum Gasteiger partial charge on any atom is 0.416 e. The Morgan fingerprint density at radius 1 is 1.19 bits per heavy atom. The normalized spacial score (nSPS) is 11.9. The van der Waals surface area contributed by atoms with E-state index in [1.165, 1.54) is 28.7 Å². The second-order valence-electron chi connectivity index (χ2n) is 5.72. The zero-order chi connectivity index (χ0) is 19.8. The maximum absolute atomic E-state index is 13.0. The lowest BCUT2D eigenvalue weighted by Gasteiger charge is -2.13. The van der Waals surface area contributed by atoms with Gasteiger partial charge < -0.3 is 0 Å². The fourth-order valence-corrected chi connectivity index (χ4v) is 4.16. The van der Waals surface area contributed by atoms with Gasteiger partial charge in [-0.25, -0.2) is 4.98 Å². The first-order valence-electron chi connectivity index (χ1n) is 7.88. The summed E-state index contributed by atoms with van der Waals surface area (Å²) in [7, 11) is 0. The van der Waals surface area contributed by atoms with Crippen LogP contribution in [0.25, 0.3) is 10.9 Å². The number of thioether (sulfide) groups is 1. The molecule has 0 saturated carbocycles. The van der Waals surface area contributed by atoms with Gasteiger partial charge in [-0.05, 0) is 41.6 Å². The smallest absolute Gasteiger partial charge is 0.294 e. The molecule has 0 aliphatic rings. The lowest BCUT2D eigenvalue weighted by molar-refractivity contribution is -0.137. The Kier molecular flexibility index (Phi) is 5.74. The van der Waals surface area contributed by atoms with Gasteiger partial charge in [-0.1, -0.05) is 30.1 Å². The van der Waals surface area contributed by atoms with Gasteiger partial charge in [-0.2, -0.15) is 13.2 Å². The largest absolute Gasteiger partial charge is 0.416 e. The minimum absolute atomic E-state index is 0.0925. The summed E-state index contributed by atoms with van der Waals surface area (Å²) in [6.45, 7) is 2.06. The van der Waals surface area contributed by atoms with Crippen molar-refractivity contribution in [2.24, 2.45) is 0 Å². The van der Waals surface area contributed by atoms with Crippen molar-refractivity contribution < 1.29 is 13.2 Å². The first-order valence-corrected chi connectivity index (χ1v) is 9.62. The SMILES string of the molecule is CCSc1c(Cl)cc(Cl)cc1Cn1cnc2ccc(C(F)(F)F)cc2c1=O. The first-order chi connectivity index (χ1) is 12.7. The van der Waals surface area contributed by atoms with Gasteiger partial charge in [-0.3, -0.25) is 9.36 Å². The molecule has 0 amide bonds. The molecule has 0 radical (unpaired) electrons. The zero-order valence-electron chi connectivity index (χ0n) is 14.0. The molecule has 0 saturated heterocycles. The second-order valence-corrected chi connectivity index (χ2v) is 7.83. The third kappa shape index (κ3) is 4.25. The van der Waals surface area contributed by atoms with Gasteiger partial charge >= 0.3 is 6.18 Å². The third-order valence-corrected chi connectivity index (χ3v) is 5.55. The average molecular weight is 433 g/mol. The van der Waals surface area contributed by atoms with Crippen LogP contribution in [0.2, 0.25) is 10.0 Å². The number of hydrogen-bond donors (Lipinski definition) is 0. The van der Waals surface area contributed by atoms with Crippen LogP contribution in [0.3, 0.4) is 0 Å². The van der Waals surface area contributed by atoms with E-state index in [-0.39, 0.29) is 17.4 Å². The molecule has 0 N–H and O–H groups in total. The highest BCUT2D eigenvalue weighted by Gasteiger charge is 2.30. The van der Waals surface area contributed by atoms with E-state index in [1.54, 1.807) is 12.1 Å². The van der Waals surface area contributed by atoms with Crippen molar-refractivity contribution in [2.75, 3.05) is 5.75 Å². The summed E-state index contributed by atoms with van der Waals surface area (Å²) < 4.78 is 40.1. The lowest BCUT2D eigenvalue weighted by atomic mass is 10.1. The van der Waals surface area contributed by atoms with Crippen molar-refractivity contribution in [1.82, 2.24) is 9.55 Å². The zero-order valence-corrected chi connectivity index (χ0v) is 16.3. The predicted octanol–water partition coefficient (Wildman–Crippen LogP) is 5.88. The molecular weight excluding hydrogens is 420 g/mol. The van der Waals surface area contributed by atoms with Gasteiger partial charge in [0.25, 0.3) is 5.56 Å². The molecule has 2 aromatic carbocycles. The van der Waals surface area contributed by atoms with E-state index in [2.05, 4.69) is 4.98 Å². The summed E-state index contributed by atoms with van der Waals surface area (Å²) in [5, 5.41) is 0.784. The van der Waals surface area contributed by atoms with Crippen LogP contribution in [0.1, 0.15) is 18.1 Å². The van der Waals surface area contributed by atoms with E-state index < -0.39 is 17.3 Å². The van der Waals surface area contributed by atoms with Gasteiger partial charge in [0.15, 0.2) is 0 Å². The molecule has 1 aromatic heterocycles. The molecule has 0 aliphatic carbocycles. The fourth-order valence-electron chi connectivity index (χ4n) is 2.67. The van der Waals surface area contributed by atoms with Crippen LogP contribution in [-0.2, 0) is 12.7 Å². The Bertz CT molecular complexity index is 1070. The maximum atomic E-state index is 13.0. The Morgan fingerprint density at radius 2 is 1.93 bits per heavy atom. The number of benzene rings is 2. The Balaban J connectivity index is 2.11. The number of aromatic nitrogens is 2. The quantitative estimate of drug-likeness (QED) is 0.482. The van der Waals surface area contributed by atoms with Crippen LogP contribution >= 0.6 is 35.0 Å². The minimum atomic E-state index is -4.54. The molecule has 3 rings (SSSR count). The first kappa shape index (κ1) is 20.0. The van der Waals surface area contributed by atoms with Crippen molar-refractivity contribution >= 4 is 45.9 Å². The summed E-state index contributed by atoms with van der Waals surface area (Å²) in [5.41, 5.74) is -0.541. The van der Waals surface area contributed by atoms with E-state index in [0.29, 0.717) is 15.6 Å². The third-order valence-electron chi connectivity index (χ3n) is 3.87. The number of fused-ring (bicyclic) bond motifs is 1. The van der Waals surface area contributed by atoms with Crippen LogP contribution < -0.4 is 5.56 Å². The van der Waals surface area contributed by atoms with Gasteiger partial charge in [-0.15, -0.1) is 11.8 Å². The van der Waals surface area contributed by atoms with Gasteiger partial charge in [0, 0.05) is 9.92 Å². The summed E-state index contributed by atoms with van der Waals surface area (Å²) in [6, 6.07) is 6.23. The summed E-state index contributed by atoms with van der Waals surface area (Å²) in [6.07, 6.45) is -3.22. The molecule has 0 aliphatic heterocycles. The molecule has 3 nitrogen and oxygen atoms in total. The summed E-state index contributed by atoms with van der Waals surface area (Å²) >= 11 is 13.8. The van der Waals surface area contributed by atoms with Crippen LogP contribution in [0.5, 0.6) is 0 Å². The van der Waals surface area contributed by atoms with Gasteiger partial charge in [0.2, 0.25) is 0 Å². The van der Waals surface area contributed by atoms with E-state index >= 15 is 0 Å². The van der Waals surface area contributed by atoms with Crippen LogP contribution in [0, 0.1) is 0 Å². The molecule has 0 bridgehead atoms. The topological polar surface area (TPSA) is 34.9 Å². The Labute approximate surface area is 167 Å². The molecule has 0 spiro atoms. The van der Waals surface area contributed by atoms with E-state index in [4.69, 9.17) is 23.2 Å². The van der Waals surface area contributed by atoms with Crippen molar-refractivity contribution in [2.45, 2.75) is 24.5 Å². The molecule has 0 unspecified atom stereocenters. The van der Waals surface area contributed by atoms with Crippen molar-refractivity contribution in [3.63, 3.8) is 0 Å². The highest BCUT2D eigenvalue weighted by atomic mass is 35.5. The second kappa shape index (κ2) is 7.73. The highest BCUT2D eigenvalue weighted by molar-refractivity contribution is 7.99. The highest BCUT2D eigenvalue weighted by Crippen LogP contribution is 2.34. The number of halogens is 5. The number of hydrogen-bond acceptors (Lipinski definition) is 3. The van der Waals surface area contributed by atoms with E-state index in [0.717, 1.165) is 22.8 Å². The molecule has 0 atom stereocenters. The Hall–Kier alpha value is -1.70. The molecular formula is C18H13Cl2F3N2OS. The van der Waals surface area contributed by atoms with Crippen molar-refractivity contribution in [3.05, 3.63) is 68.2 Å². The number of nitrogens with zero attached hydrogens (tertiary/aromatic N) is 2. The van der Waals surface area contributed by atoms with Gasteiger partial charge in [0.1, 0.15) is 0 Å². The van der Waals surface area contributed by atoms with E-state index in [1.807, 2.05) is 6.92 Å². The minimum Gasteiger partial charge on any atom is -0.294 e. The monoisotopic (exact) mass is 432 g/mol. The molecule has 1 heterocycles. The van der Waals surface area contributed by atoms with Crippen LogP contribution in [0.4, 0.5) is 13.2 Å². The number of alkyl halides is 3. The molecule has 27 heavy (non-hydrogen) atoms. The summed E-state index contributed by atoms with van der Waals surface area (Å²) in [5.74, 6) is 0.758. The van der Waals surface area contributed by atoms with Crippen molar-refractivity contribution in [1.29, 1.82) is 0 Å². The lowest BCUT2D eigenvalue weighted by Crippen LogP contribution is -2.22. The summed E-state index contributed by atoms with van der Waals surface area (Å²) in [4.78, 5) is 17.6. The molecule has 0 fully saturated rings. The molecule has 3 aromatic rings. The van der Waals surface area contributed by atoms with Crippen LogP contribution in [0.15, 0.2) is 46.3 Å². The standard InChI is InChI=1S/C18H13Cl2F3N2OS/c1-2-27-16-10(5-12(19)7-14(16)20)8-25-9-24-15-4-3-11(18(21,22)23)6-13(15)17(25)26/h3-7,9H,2,8H2,1H3. The molecule has 142 valence electrons. The fraction of sp³-hybridized carbons (Fsp3) is 0.222.